The lowest BCUT2D eigenvalue weighted by atomic mass is 9.77. The molecule has 0 aromatic heterocycles. The predicted molar refractivity (Wildman–Crippen MR) is 75.2 cm³/mol. The fourth-order valence-corrected chi connectivity index (χ4v) is 2.71. The molecule has 0 radical (unpaired) electrons. The van der Waals surface area contributed by atoms with Crippen molar-refractivity contribution >= 4 is 5.91 Å². The average Bonchev–Trinajstić information content (AvgIpc) is 3.01. The quantitative estimate of drug-likeness (QED) is 0.791. The third-order valence-electron chi connectivity index (χ3n) is 4.49. The van der Waals surface area contributed by atoms with Crippen LogP contribution in [0.4, 0.5) is 0 Å². The number of carbonyl (C=O) groups is 1. The molecule has 19 heavy (non-hydrogen) atoms. The van der Waals surface area contributed by atoms with E-state index in [2.05, 4.69) is 39.1 Å². The number of rotatable bonds is 3. The van der Waals surface area contributed by atoms with E-state index in [1.54, 1.807) is 0 Å². The number of carbonyl (C=O) groups excluding carboxylic acids is 1. The minimum atomic E-state index is -0.728. The van der Waals surface area contributed by atoms with Gasteiger partial charge in [0.1, 0.15) is 5.41 Å². The lowest BCUT2D eigenvalue weighted by Gasteiger charge is -2.36. The molecular formula is C16H24N2O. The fraction of sp³-hybridized carbons (Fsp3) is 0.750. The monoisotopic (exact) mass is 260 g/mol. The van der Waals surface area contributed by atoms with Crippen molar-refractivity contribution in [3.63, 3.8) is 0 Å². The summed E-state index contributed by atoms with van der Waals surface area (Å²) >= 11 is 0. The molecule has 2 aliphatic rings. The van der Waals surface area contributed by atoms with Crippen molar-refractivity contribution in [3.8, 4) is 6.07 Å². The van der Waals surface area contributed by atoms with Crippen LogP contribution in [-0.4, -0.2) is 11.9 Å². The molecule has 0 aromatic carbocycles. The predicted octanol–water partition coefficient (Wildman–Crippen LogP) is 3.32. The van der Waals surface area contributed by atoms with Gasteiger partial charge in [-0.05, 0) is 44.4 Å². The second-order valence-electron chi connectivity index (χ2n) is 7.11. The summed E-state index contributed by atoms with van der Waals surface area (Å²) in [5.74, 6) is -0.0748. The molecule has 1 amide bonds. The maximum Gasteiger partial charge on any atom is 0.240 e. The Bertz CT molecular complexity index is 452. The number of nitriles is 1. The third kappa shape index (κ3) is 2.68. The van der Waals surface area contributed by atoms with Crippen molar-refractivity contribution in [1.82, 2.24) is 5.32 Å². The Morgan fingerprint density at radius 1 is 1.37 bits per heavy atom. The summed E-state index contributed by atoms with van der Waals surface area (Å²) in [6.07, 6.45) is 5.01. The summed E-state index contributed by atoms with van der Waals surface area (Å²) in [7, 11) is 0. The van der Waals surface area contributed by atoms with Crippen molar-refractivity contribution in [2.45, 2.75) is 65.8 Å². The van der Waals surface area contributed by atoms with E-state index in [4.69, 9.17) is 5.26 Å². The van der Waals surface area contributed by atoms with E-state index >= 15 is 0 Å². The maximum atomic E-state index is 12.3. The van der Waals surface area contributed by atoms with E-state index in [1.807, 2.05) is 0 Å². The van der Waals surface area contributed by atoms with E-state index in [1.165, 1.54) is 17.6 Å². The molecule has 3 nitrogen and oxygen atoms in total. The van der Waals surface area contributed by atoms with Crippen LogP contribution in [0.3, 0.4) is 0 Å². The Labute approximate surface area is 116 Å². The van der Waals surface area contributed by atoms with Gasteiger partial charge in [-0.3, -0.25) is 4.79 Å². The largest absolute Gasteiger partial charge is 0.348 e. The molecule has 2 saturated carbocycles. The van der Waals surface area contributed by atoms with Gasteiger partial charge in [-0.25, -0.2) is 0 Å². The first-order valence-electron chi connectivity index (χ1n) is 7.21. The molecule has 1 N–H and O–H groups in total. The Balaban J connectivity index is 2.16. The zero-order valence-corrected chi connectivity index (χ0v) is 12.5. The van der Waals surface area contributed by atoms with Gasteiger partial charge in [-0.1, -0.05) is 31.9 Å². The van der Waals surface area contributed by atoms with Gasteiger partial charge < -0.3 is 5.32 Å². The van der Waals surface area contributed by atoms with E-state index < -0.39 is 5.41 Å². The van der Waals surface area contributed by atoms with Crippen molar-refractivity contribution in [2.75, 3.05) is 0 Å². The van der Waals surface area contributed by atoms with Gasteiger partial charge in [0.15, 0.2) is 0 Å². The molecule has 2 fully saturated rings. The zero-order valence-electron chi connectivity index (χ0n) is 12.5. The van der Waals surface area contributed by atoms with Crippen molar-refractivity contribution in [1.29, 1.82) is 5.26 Å². The van der Waals surface area contributed by atoms with Crippen LogP contribution < -0.4 is 5.32 Å². The number of amides is 1. The zero-order chi connectivity index (χ0) is 14.3. The smallest absolute Gasteiger partial charge is 0.240 e. The molecule has 2 aliphatic carbocycles. The van der Waals surface area contributed by atoms with Gasteiger partial charge in [0.05, 0.1) is 12.1 Å². The average molecular weight is 260 g/mol. The Kier molecular flexibility index (Phi) is 3.47. The molecule has 0 heterocycles. The molecule has 0 spiro atoms. The van der Waals surface area contributed by atoms with Crippen LogP contribution in [0.1, 0.15) is 59.8 Å². The van der Waals surface area contributed by atoms with Crippen LogP contribution >= 0.6 is 0 Å². The molecule has 1 atom stereocenters. The highest BCUT2D eigenvalue weighted by Gasteiger charge is 2.51. The normalized spacial score (nSPS) is 21.9. The van der Waals surface area contributed by atoms with Crippen LogP contribution in [0.2, 0.25) is 0 Å². The summed E-state index contributed by atoms with van der Waals surface area (Å²) in [4.78, 5) is 12.3. The van der Waals surface area contributed by atoms with Crippen molar-refractivity contribution < 1.29 is 4.79 Å². The highest BCUT2D eigenvalue weighted by molar-refractivity contribution is 5.88. The summed E-state index contributed by atoms with van der Waals surface area (Å²) in [5.41, 5.74) is 2.05. The lowest BCUT2D eigenvalue weighted by molar-refractivity contribution is -0.125. The molecular weight excluding hydrogens is 236 g/mol. The number of allylic oxidation sites excluding steroid dienone is 1. The van der Waals surface area contributed by atoms with Gasteiger partial charge in [0, 0.05) is 0 Å². The number of nitrogens with one attached hydrogen (secondary N) is 1. The Morgan fingerprint density at radius 3 is 2.26 bits per heavy atom. The molecule has 0 bridgehead atoms. The van der Waals surface area contributed by atoms with E-state index in [9.17, 15) is 4.79 Å². The van der Waals surface area contributed by atoms with E-state index in [0.29, 0.717) is 12.8 Å². The number of nitrogens with zero attached hydrogens (tertiary/aromatic N) is 1. The minimum absolute atomic E-state index is 0.0200. The summed E-state index contributed by atoms with van der Waals surface area (Å²) in [6.45, 7) is 8.57. The Hall–Kier alpha value is -1.30. The third-order valence-corrected chi connectivity index (χ3v) is 4.49. The van der Waals surface area contributed by atoms with Crippen molar-refractivity contribution in [2.24, 2.45) is 10.8 Å². The second-order valence-corrected chi connectivity index (χ2v) is 7.11. The minimum Gasteiger partial charge on any atom is -0.348 e. The first-order chi connectivity index (χ1) is 8.80. The van der Waals surface area contributed by atoms with E-state index in [-0.39, 0.29) is 17.4 Å². The van der Waals surface area contributed by atoms with Crippen LogP contribution in [0.5, 0.6) is 0 Å². The maximum absolute atomic E-state index is 12.3. The van der Waals surface area contributed by atoms with Gasteiger partial charge >= 0.3 is 0 Å². The summed E-state index contributed by atoms with van der Waals surface area (Å²) in [6, 6.07) is 2.22. The number of hydrogen-bond acceptors (Lipinski definition) is 2. The summed E-state index contributed by atoms with van der Waals surface area (Å²) < 4.78 is 0. The van der Waals surface area contributed by atoms with Crippen LogP contribution in [0.15, 0.2) is 11.1 Å². The highest BCUT2D eigenvalue weighted by Crippen LogP contribution is 2.45. The van der Waals surface area contributed by atoms with Crippen molar-refractivity contribution in [3.05, 3.63) is 11.1 Å². The first-order valence-corrected chi connectivity index (χ1v) is 7.21. The standard InChI is InChI=1S/C16H24N2O/c1-11(12-6-5-7-12)13(15(2,3)4)18-14(19)16(10-17)8-9-16/h13H,5-9H2,1-4H3,(H,18,19). The van der Waals surface area contributed by atoms with Gasteiger partial charge in [-0.15, -0.1) is 0 Å². The molecule has 0 aliphatic heterocycles. The SMILES string of the molecule is CC(=C1CCC1)C(NC(=O)C1(C#N)CC1)C(C)(C)C. The van der Waals surface area contributed by atoms with Gasteiger partial charge in [-0.2, -0.15) is 5.26 Å². The lowest BCUT2D eigenvalue weighted by Crippen LogP contribution is -2.47. The molecule has 1 unspecified atom stereocenters. The van der Waals surface area contributed by atoms with Crippen LogP contribution in [0, 0.1) is 22.2 Å². The summed E-state index contributed by atoms with van der Waals surface area (Å²) in [5, 5.41) is 12.3. The van der Waals surface area contributed by atoms with E-state index in [0.717, 1.165) is 12.8 Å². The first kappa shape index (κ1) is 14.1. The molecule has 0 saturated heterocycles. The molecule has 0 aromatic rings. The van der Waals surface area contributed by atoms with Crippen LogP contribution in [0.25, 0.3) is 0 Å². The topological polar surface area (TPSA) is 52.9 Å². The van der Waals surface area contributed by atoms with Crippen LogP contribution in [-0.2, 0) is 4.79 Å². The molecule has 104 valence electrons. The number of hydrogen-bond donors (Lipinski definition) is 1. The second kappa shape index (κ2) is 4.67. The van der Waals surface area contributed by atoms with Gasteiger partial charge in [0.25, 0.3) is 0 Å². The van der Waals surface area contributed by atoms with Gasteiger partial charge in [0.2, 0.25) is 5.91 Å². The molecule has 2 rings (SSSR count). The highest BCUT2D eigenvalue weighted by atomic mass is 16.2. The fourth-order valence-electron chi connectivity index (χ4n) is 2.71. The molecule has 3 heteroatoms. The Morgan fingerprint density at radius 2 is 1.95 bits per heavy atom.